The first-order valence-corrected chi connectivity index (χ1v) is 7.74. The smallest absolute Gasteiger partial charge is 0.286 e. The zero-order valence-electron chi connectivity index (χ0n) is 14.4. The van der Waals surface area contributed by atoms with E-state index in [1.54, 1.807) is 6.92 Å². The van der Waals surface area contributed by atoms with Gasteiger partial charge in [0.15, 0.2) is 11.5 Å². The summed E-state index contributed by atoms with van der Waals surface area (Å²) in [6.07, 6.45) is 0.560. The van der Waals surface area contributed by atoms with Gasteiger partial charge in [0.2, 0.25) is 0 Å². The molecular formula is C16H24N2O6. The molecule has 0 aromatic heterocycles. The molecule has 0 spiro atoms. The predicted molar refractivity (Wildman–Crippen MR) is 88.6 cm³/mol. The Labute approximate surface area is 140 Å². The van der Waals surface area contributed by atoms with Gasteiger partial charge in [-0.15, -0.1) is 0 Å². The van der Waals surface area contributed by atoms with Gasteiger partial charge in [-0.2, -0.15) is 0 Å². The van der Waals surface area contributed by atoms with Gasteiger partial charge < -0.3 is 19.9 Å². The van der Waals surface area contributed by atoms with Gasteiger partial charge in [-0.05, 0) is 19.3 Å². The van der Waals surface area contributed by atoms with Crippen molar-refractivity contribution in [2.24, 2.45) is 5.92 Å². The van der Waals surface area contributed by atoms with Crippen LogP contribution in [0.3, 0.4) is 0 Å². The van der Waals surface area contributed by atoms with Gasteiger partial charge in [0.25, 0.3) is 11.6 Å². The van der Waals surface area contributed by atoms with E-state index in [0.29, 0.717) is 13.0 Å². The fourth-order valence-electron chi connectivity index (χ4n) is 2.32. The molecule has 0 saturated carbocycles. The molecule has 1 atom stereocenters. The van der Waals surface area contributed by atoms with Crippen molar-refractivity contribution in [1.29, 1.82) is 0 Å². The maximum absolute atomic E-state index is 12.4. The first-order valence-electron chi connectivity index (χ1n) is 7.74. The van der Waals surface area contributed by atoms with Crippen molar-refractivity contribution >= 4 is 11.6 Å². The van der Waals surface area contributed by atoms with Crippen LogP contribution in [-0.2, 0) is 0 Å². The van der Waals surface area contributed by atoms with Gasteiger partial charge in [0.05, 0.1) is 37.4 Å². The number of aliphatic hydroxyl groups is 1. The number of rotatable bonds is 9. The minimum absolute atomic E-state index is 0.137. The Balaban J connectivity index is 3.20. The van der Waals surface area contributed by atoms with Crippen LogP contribution in [0.15, 0.2) is 12.1 Å². The summed E-state index contributed by atoms with van der Waals surface area (Å²) in [5.74, 6) is 0.0520. The molecule has 1 amide bonds. The summed E-state index contributed by atoms with van der Waals surface area (Å²) in [6, 6.07) is 1.98. The molecule has 8 nitrogen and oxygen atoms in total. The van der Waals surface area contributed by atoms with Crippen molar-refractivity contribution in [2.75, 3.05) is 20.3 Å². The lowest BCUT2D eigenvalue weighted by atomic mass is 10.0. The summed E-state index contributed by atoms with van der Waals surface area (Å²) >= 11 is 0. The van der Waals surface area contributed by atoms with Gasteiger partial charge in [-0.25, -0.2) is 0 Å². The second kappa shape index (κ2) is 9.07. The van der Waals surface area contributed by atoms with E-state index in [0.717, 1.165) is 0 Å². The van der Waals surface area contributed by atoms with E-state index < -0.39 is 16.9 Å². The highest BCUT2D eigenvalue weighted by atomic mass is 16.6. The lowest BCUT2D eigenvalue weighted by Crippen LogP contribution is -2.38. The molecule has 0 heterocycles. The highest BCUT2D eigenvalue weighted by Crippen LogP contribution is 2.34. The number of ether oxygens (including phenoxy) is 2. The number of methoxy groups -OCH3 is 1. The maximum atomic E-state index is 12.4. The van der Waals surface area contributed by atoms with E-state index in [2.05, 4.69) is 5.32 Å². The molecule has 0 saturated heterocycles. The van der Waals surface area contributed by atoms with Gasteiger partial charge >= 0.3 is 0 Å². The van der Waals surface area contributed by atoms with Crippen molar-refractivity contribution < 1.29 is 24.3 Å². The van der Waals surface area contributed by atoms with Gasteiger partial charge in [0.1, 0.15) is 5.56 Å². The molecule has 24 heavy (non-hydrogen) atoms. The minimum Gasteiger partial charge on any atom is -0.493 e. The number of hydrogen-bond donors (Lipinski definition) is 2. The van der Waals surface area contributed by atoms with Crippen molar-refractivity contribution in [3.05, 3.63) is 27.8 Å². The van der Waals surface area contributed by atoms with Crippen molar-refractivity contribution in [3.8, 4) is 11.5 Å². The Kier molecular flexibility index (Phi) is 7.44. The molecule has 1 aromatic rings. The molecule has 0 radical (unpaired) electrons. The molecule has 0 aliphatic heterocycles. The van der Waals surface area contributed by atoms with E-state index >= 15 is 0 Å². The van der Waals surface area contributed by atoms with Crippen LogP contribution in [0.2, 0.25) is 0 Å². The van der Waals surface area contributed by atoms with Crippen LogP contribution in [0, 0.1) is 16.0 Å². The standard InChI is InChI=1S/C16H24N2O6/c1-5-24-15-8-13(18(21)22)12(7-14(15)23-4)16(20)17-11(9-19)6-10(2)3/h7-8,10-11,19H,5-6,9H2,1-4H3,(H,17,20)/t11-/m0/s1. The molecular weight excluding hydrogens is 316 g/mol. The van der Waals surface area contributed by atoms with Crippen LogP contribution < -0.4 is 14.8 Å². The minimum atomic E-state index is -0.646. The summed E-state index contributed by atoms with van der Waals surface area (Å²) in [4.78, 5) is 23.1. The van der Waals surface area contributed by atoms with Crippen LogP contribution in [0.5, 0.6) is 11.5 Å². The summed E-state index contributed by atoms with van der Waals surface area (Å²) in [6.45, 7) is 5.71. The third-order valence-corrected chi connectivity index (χ3v) is 3.33. The zero-order chi connectivity index (χ0) is 18.3. The first-order chi connectivity index (χ1) is 11.3. The number of carbonyl (C=O) groups is 1. The fourth-order valence-corrected chi connectivity index (χ4v) is 2.32. The molecule has 0 aliphatic rings. The molecule has 8 heteroatoms. The summed E-state index contributed by atoms with van der Waals surface area (Å²) in [5.41, 5.74) is -0.513. The molecule has 0 unspecified atom stereocenters. The second-order valence-corrected chi connectivity index (χ2v) is 5.69. The number of nitrogens with one attached hydrogen (secondary N) is 1. The highest BCUT2D eigenvalue weighted by molar-refractivity contribution is 5.99. The number of amides is 1. The fraction of sp³-hybridized carbons (Fsp3) is 0.562. The van der Waals surface area contributed by atoms with E-state index in [9.17, 15) is 20.0 Å². The number of carbonyl (C=O) groups excluding carboxylic acids is 1. The average molecular weight is 340 g/mol. The molecule has 0 fully saturated rings. The number of nitro benzene ring substituents is 1. The van der Waals surface area contributed by atoms with Crippen molar-refractivity contribution in [1.82, 2.24) is 5.32 Å². The molecule has 1 rings (SSSR count). The Bertz CT molecular complexity index is 588. The van der Waals surface area contributed by atoms with E-state index in [1.807, 2.05) is 13.8 Å². The molecule has 134 valence electrons. The molecule has 1 aromatic carbocycles. The van der Waals surface area contributed by atoms with Crippen LogP contribution in [0.4, 0.5) is 5.69 Å². The highest BCUT2D eigenvalue weighted by Gasteiger charge is 2.26. The molecule has 0 bridgehead atoms. The lowest BCUT2D eigenvalue weighted by molar-refractivity contribution is -0.385. The number of nitro groups is 1. The van der Waals surface area contributed by atoms with Crippen LogP contribution in [0.25, 0.3) is 0 Å². The Hall–Kier alpha value is -2.35. The average Bonchev–Trinajstić information content (AvgIpc) is 2.53. The lowest BCUT2D eigenvalue weighted by Gasteiger charge is -2.18. The van der Waals surface area contributed by atoms with Crippen LogP contribution in [-0.4, -0.2) is 42.3 Å². The van der Waals surface area contributed by atoms with E-state index in [-0.39, 0.29) is 35.3 Å². The van der Waals surface area contributed by atoms with Crippen LogP contribution in [0.1, 0.15) is 37.6 Å². The Morgan fingerprint density at radius 2 is 2.04 bits per heavy atom. The molecule has 0 aliphatic carbocycles. The zero-order valence-corrected chi connectivity index (χ0v) is 14.4. The normalized spacial score (nSPS) is 11.9. The summed E-state index contributed by atoms with van der Waals surface area (Å²) < 4.78 is 10.4. The third kappa shape index (κ3) is 5.09. The number of aliphatic hydroxyl groups excluding tert-OH is 1. The number of nitrogens with zero attached hydrogens (tertiary/aromatic N) is 1. The van der Waals surface area contributed by atoms with Gasteiger partial charge in [0, 0.05) is 6.07 Å². The maximum Gasteiger partial charge on any atom is 0.286 e. The number of hydrogen-bond acceptors (Lipinski definition) is 6. The van der Waals surface area contributed by atoms with Crippen LogP contribution >= 0.6 is 0 Å². The van der Waals surface area contributed by atoms with E-state index in [4.69, 9.17) is 9.47 Å². The second-order valence-electron chi connectivity index (χ2n) is 5.69. The monoisotopic (exact) mass is 340 g/mol. The SMILES string of the molecule is CCOc1cc([N+](=O)[O-])c(C(=O)N[C@H](CO)CC(C)C)cc1OC. The largest absolute Gasteiger partial charge is 0.493 e. The summed E-state index contributed by atoms with van der Waals surface area (Å²) in [5, 5.41) is 23.3. The van der Waals surface area contributed by atoms with Gasteiger partial charge in [-0.3, -0.25) is 14.9 Å². The number of benzene rings is 1. The van der Waals surface area contributed by atoms with Crippen molar-refractivity contribution in [3.63, 3.8) is 0 Å². The topological polar surface area (TPSA) is 111 Å². The van der Waals surface area contributed by atoms with Crippen molar-refractivity contribution in [2.45, 2.75) is 33.2 Å². The predicted octanol–water partition coefficient (Wildman–Crippen LogP) is 2.14. The Morgan fingerprint density at radius 3 is 2.50 bits per heavy atom. The Morgan fingerprint density at radius 1 is 1.38 bits per heavy atom. The first kappa shape index (κ1) is 19.7. The summed E-state index contributed by atoms with van der Waals surface area (Å²) in [7, 11) is 1.39. The molecule has 2 N–H and O–H groups in total. The van der Waals surface area contributed by atoms with Gasteiger partial charge in [-0.1, -0.05) is 13.8 Å². The quantitative estimate of drug-likeness (QED) is 0.526. The van der Waals surface area contributed by atoms with E-state index in [1.165, 1.54) is 19.2 Å². The third-order valence-electron chi connectivity index (χ3n) is 3.33.